The van der Waals surface area contributed by atoms with Gasteiger partial charge in [0.25, 0.3) is 0 Å². The maximum absolute atomic E-state index is 12.7. The first-order chi connectivity index (χ1) is 10.7. The third-order valence-corrected chi connectivity index (χ3v) is 3.39. The molecule has 0 aliphatic carbocycles. The fourth-order valence-corrected chi connectivity index (χ4v) is 2.34. The highest BCUT2D eigenvalue weighted by atomic mass is 16.5. The van der Waals surface area contributed by atoms with Gasteiger partial charge >= 0.3 is 0 Å². The van der Waals surface area contributed by atoms with Crippen LogP contribution in [0.5, 0.6) is 5.75 Å². The average Bonchev–Trinajstić information content (AvgIpc) is 2.54. The molecule has 2 aromatic carbocycles. The highest BCUT2D eigenvalue weighted by Gasteiger charge is 2.17. The molecular weight excluding hydrogens is 276 g/mol. The summed E-state index contributed by atoms with van der Waals surface area (Å²) in [5, 5.41) is 0.518. The topological polar surface area (TPSA) is 39.4 Å². The maximum Gasteiger partial charge on any atom is 0.235 e. The summed E-state index contributed by atoms with van der Waals surface area (Å²) in [7, 11) is 0. The smallest absolute Gasteiger partial charge is 0.235 e. The summed E-state index contributed by atoms with van der Waals surface area (Å²) in [5.74, 6) is 0.674. The molecule has 1 aromatic heterocycles. The van der Waals surface area contributed by atoms with Crippen molar-refractivity contribution in [2.24, 2.45) is 0 Å². The summed E-state index contributed by atoms with van der Waals surface area (Å²) >= 11 is 0. The molecule has 0 unspecified atom stereocenters. The van der Waals surface area contributed by atoms with Crippen molar-refractivity contribution in [2.45, 2.75) is 6.92 Å². The van der Waals surface area contributed by atoms with E-state index in [0.29, 0.717) is 16.7 Å². The molecule has 3 rings (SSSR count). The minimum absolute atomic E-state index is 0.165. The van der Waals surface area contributed by atoms with Crippen LogP contribution >= 0.6 is 0 Å². The van der Waals surface area contributed by atoms with E-state index >= 15 is 0 Å². The number of aryl methyl sites for hydroxylation is 1. The van der Waals surface area contributed by atoms with Crippen molar-refractivity contribution in [1.82, 2.24) is 0 Å². The van der Waals surface area contributed by atoms with Crippen molar-refractivity contribution in [1.29, 1.82) is 0 Å². The Kier molecular flexibility index (Phi) is 3.79. The van der Waals surface area contributed by atoms with Crippen molar-refractivity contribution >= 4 is 11.0 Å². The maximum atomic E-state index is 12.7. The molecule has 0 aliphatic rings. The Morgan fingerprint density at radius 2 is 1.95 bits per heavy atom. The predicted octanol–water partition coefficient (Wildman–Crippen LogP) is 4.33. The fourth-order valence-electron chi connectivity index (χ4n) is 2.34. The molecule has 3 aromatic rings. The highest BCUT2D eigenvalue weighted by molar-refractivity contribution is 5.82. The molecule has 0 amide bonds. The monoisotopic (exact) mass is 292 g/mol. The van der Waals surface area contributed by atoms with E-state index in [-0.39, 0.29) is 17.8 Å². The van der Waals surface area contributed by atoms with E-state index in [1.807, 2.05) is 49.4 Å². The lowest BCUT2D eigenvalue weighted by Gasteiger charge is -2.10. The number of hydrogen-bond acceptors (Lipinski definition) is 3. The van der Waals surface area contributed by atoms with Crippen LogP contribution in [0, 0.1) is 6.92 Å². The van der Waals surface area contributed by atoms with Gasteiger partial charge in [-0.3, -0.25) is 4.79 Å². The van der Waals surface area contributed by atoms with Gasteiger partial charge in [-0.05, 0) is 24.6 Å². The van der Waals surface area contributed by atoms with Crippen molar-refractivity contribution < 1.29 is 9.15 Å². The van der Waals surface area contributed by atoms with Crippen LogP contribution in [0.4, 0.5) is 0 Å². The van der Waals surface area contributed by atoms with E-state index < -0.39 is 0 Å². The summed E-state index contributed by atoms with van der Waals surface area (Å²) < 4.78 is 11.6. The first-order valence-corrected chi connectivity index (χ1v) is 7.07. The predicted molar refractivity (Wildman–Crippen MR) is 88.3 cm³/mol. The summed E-state index contributed by atoms with van der Waals surface area (Å²) in [6, 6.07) is 15.0. The summed E-state index contributed by atoms with van der Waals surface area (Å²) in [4.78, 5) is 12.7. The van der Waals surface area contributed by atoms with Crippen molar-refractivity contribution in [3.8, 4) is 17.1 Å². The van der Waals surface area contributed by atoms with Crippen LogP contribution in [0.1, 0.15) is 5.56 Å². The van der Waals surface area contributed by atoms with Gasteiger partial charge in [0, 0.05) is 5.56 Å². The second kappa shape index (κ2) is 5.90. The number of fused-ring (bicyclic) bond motifs is 1. The molecule has 3 heteroatoms. The van der Waals surface area contributed by atoms with E-state index in [4.69, 9.17) is 9.15 Å². The van der Waals surface area contributed by atoms with Crippen LogP contribution in [0.3, 0.4) is 0 Å². The van der Waals surface area contributed by atoms with Gasteiger partial charge < -0.3 is 9.15 Å². The first kappa shape index (κ1) is 14.1. The second-order valence-corrected chi connectivity index (χ2v) is 5.05. The Bertz CT molecular complexity index is 876. The zero-order valence-electron chi connectivity index (χ0n) is 12.3. The Morgan fingerprint density at radius 1 is 1.18 bits per heavy atom. The van der Waals surface area contributed by atoms with E-state index in [1.54, 1.807) is 12.1 Å². The van der Waals surface area contributed by atoms with Crippen LogP contribution in [0.15, 0.2) is 70.4 Å². The molecule has 0 fully saturated rings. The van der Waals surface area contributed by atoms with E-state index in [9.17, 15) is 4.79 Å². The standard InChI is InChI=1S/C19H16O3/c1-3-11-21-19-17(20)15-10-9-13(2)12-16(15)22-18(19)14-7-5-4-6-8-14/h3-10,12H,1,11H2,2H3. The third-order valence-electron chi connectivity index (χ3n) is 3.39. The molecule has 22 heavy (non-hydrogen) atoms. The van der Waals surface area contributed by atoms with Crippen LogP contribution in [-0.2, 0) is 0 Å². The molecular formula is C19H16O3. The zero-order chi connectivity index (χ0) is 15.5. The zero-order valence-corrected chi connectivity index (χ0v) is 12.3. The van der Waals surface area contributed by atoms with Gasteiger partial charge in [0.15, 0.2) is 5.76 Å². The minimum atomic E-state index is -0.165. The van der Waals surface area contributed by atoms with Gasteiger partial charge in [0.2, 0.25) is 11.2 Å². The Hall–Kier alpha value is -2.81. The van der Waals surface area contributed by atoms with Crippen molar-refractivity contribution in [3.63, 3.8) is 0 Å². The molecule has 0 spiro atoms. The SMILES string of the molecule is C=CCOc1c(-c2ccccc2)oc2cc(C)ccc2c1=O. The normalized spacial score (nSPS) is 10.6. The Morgan fingerprint density at radius 3 is 2.68 bits per heavy atom. The number of benzene rings is 2. The summed E-state index contributed by atoms with van der Waals surface area (Å²) in [5.41, 5.74) is 2.24. The molecule has 1 heterocycles. The Balaban J connectivity index is 2.32. The minimum Gasteiger partial charge on any atom is -0.482 e. The highest BCUT2D eigenvalue weighted by Crippen LogP contribution is 2.31. The van der Waals surface area contributed by atoms with Crippen LogP contribution < -0.4 is 10.2 Å². The largest absolute Gasteiger partial charge is 0.482 e. The average molecular weight is 292 g/mol. The van der Waals surface area contributed by atoms with Gasteiger partial charge in [-0.25, -0.2) is 0 Å². The second-order valence-electron chi connectivity index (χ2n) is 5.05. The van der Waals surface area contributed by atoms with E-state index in [2.05, 4.69) is 6.58 Å². The lowest BCUT2D eigenvalue weighted by Crippen LogP contribution is -2.10. The molecule has 0 bridgehead atoms. The molecule has 3 nitrogen and oxygen atoms in total. The molecule has 0 aliphatic heterocycles. The van der Waals surface area contributed by atoms with Crippen molar-refractivity contribution in [3.05, 3.63) is 77.0 Å². The van der Waals surface area contributed by atoms with Gasteiger partial charge in [-0.15, -0.1) is 0 Å². The fraction of sp³-hybridized carbons (Fsp3) is 0.105. The van der Waals surface area contributed by atoms with Gasteiger partial charge in [-0.1, -0.05) is 49.1 Å². The summed E-state index contributed by atoms with van der Waals surface area (Å²) in [6.07, 6.45) is 1.60. The van der Waals surface area contributed by atoms with Crippen LogP contribution in [0.2, 0.25) is 0 Å². The van der Waals surface area contributed by atoms with Crippen LogP contribution in [-0.4, -0.2) is 6.61 Å². The number of hydrogen-bond donors (Lipinski definition) is 0. The van der Waals surface area contributed by atoms with E-state index in [1.165, 1.54) is 0 Å². The third kappa shape index (κ3) is 2.53. The quantitative estimate of drug-likeness (QED) is 0.672. The summed E-state index contributed by atoms with van der Waals surface area (Å²) in [6.45, 7) is 5.84. The molecule has 0 atom stereocenters. The number of rotatable bonds is 4. The molecule has 0 saturated carbocycles. The first-order valence-electron chi connectivity index (χ1n) is 7.07. The molecule has 0 radical (unpaired) electrons. The van der Waals surface area contributed by atoms with Crippen LogP contribution in [0.25, 0.3) is 22.3 Å². The Labute approximate surface area is 128 Å². The van der Waals surface area contributed by atoms with E-state index in [0.717, 1.165) is 11.1 Å². The molecule has 110 valence electrons. The molecule has 0 N–H and O–H groups in total. The number of ether oxygens (including phenoxy) is 1. The van der Waals surface area contributed by atoms with Gasteiger partial charge in [-0.2, -0.15) is 0 Å². The van der Waals surface area contributed by atoms with Crippen molar-refractivity contribution in [2.75, 3.05) is 6.61 Å². The van der Waals surface area contributed by atoms with Gasteiger partial charge in [0.1, 0.15) is 12.2 Å². The lowest BCUT2D eigenvalue weighted by atomic mass is 10.1. The lowest BCUT2D eigenvalue weighted by molar-refractivity contribution is 0.351. The van der Waals surface area contributed by atoms with Gasteiger partial charge in [0.05, 0.1) is 5.39 Å². The molecule has 0 saturated heterocycles.